The van der Waals surface area contributed by atoms with Crippen molar-refractivity contribution in [2.45, 2.75) is 20.3 Å². The Morgan fingerprint density at radius 2 is 2.08 bits per heavy atom. The number of aromatic hydroxyl groups is 1. The van der Waals surface area contributed by atoms with E-state index >= 15 is 0 Å². The molecule has 0 aliphatic heterocycles. The van der Waals surface area contributed by atoms with Crippen LogP contribution in [0.3, 0.4) is 0 Å². The van der Waals surface area contributed by atoms with Gasteiger partial charge in [0.15, 0.2) is 0 Å². The monoisotopic (exact) mass is 199 g/mol. The van der Waals surface area contributed by atoms with Gasteiger partial charge in [-0.05, 0) is 49.6 Å². The lowest BCUT2D eigenvalue weighted by Crippen LogP contribution is -2.05. The van der Waals surface area contributed by atoms with Gasteiger partial charge in [-0.1, -0.05) is 11.6 Å². The van der Waals surface area contributed by atoms with Gasteiger partial charge in [0.2, 0.25) is 0 Å². The zero-order valence-corrected chi connectivity index (χ0v) is 8.65. The van der Waals surface area contributed by atoms with E-state index in [1.165, 1.54) is 0 Å². The number of rotatable bonds is 2. The van der Waals surface area contributed by atoms with E-state index < -0.39 is 0 Å². The Hall–Kier alpha value is -0.730. The zero-order valence-electron chi connectivity index (χ0n) is 7.89. The molecule has 0 spiro atoms. The number of phenolic OH excluding ortho intramolecular Hbond substituents is 1. The Labute approximate surface area is 83.3 Å². The molecule has 0 saturated carbocycles. The SMILES string of the molecule is Cc1cc(O)c(CCN)c(C)c1Cl. The fraction of sp³-hybridized carbons (Fsp3) is 0.400. The summed E-state index contributed by atoms with van der Waals surface area (Å²) < 4.78 is 0. The van der Waals surface area contributed by atoms with E-state index in [4.69, 9.17) is 17.3 Å². The molecule has 72 valence electrons. The Bertz CT molecular complexity index is 323. The summed E-state index contributed by atoms with van der Waals surface area (Å²) in [7, 11) is 0. The van der Waals surface area contributed by atoms with Gasteiger partial charge in [0.05, 0.1) is 0 Å². The summed E-state index contributed by atoms with van der Waals surface area (Å²) in [5, 5.41) is 10.3. The molecule has 0 aliphatic rings. The van der Waals surface area contributed by atoms with Gasteiger partial charge in [-0.25, -0.2) is 0 Å². The summed E-state index contributed by atoms with van der Waals surface area (Å²) in [6.45, 7) is 4.30. The van der Waals surface area contributed by atoms with Crippen molar-refractivity contribution in [1.29, 1.82) is 0 Å². The minimum atomic E-state index is 0.296. The first-order chi connectivity index (χ1) is 6.07. The fourth-order valence-electron chi connectivity index (χ4n) is 1.44. The molecule has 1 rings (SSSR count). The number of hydrogen-bond donors (Lipinski definition) is 2. The molecule has 0 fully saturated rings. The first-order valence-electron chi connectivity index (χ1n) is 4.25. The molecular weight excluding hydrogens is 186 g/mol. The maximum Gasteiger partial charge on any atom is 0.119 e. The molecule has 0 atom stereocenters. The van der Waals surface area contributed by atoms with Gasteiger partial charge in [-0.3, -0.25) is 0 Å². The molecule has 1 aromatic rings. The molecule has 0 unspecified atom stereocenters. The van der Waals surface area contributed by atoms with Crippen LogP contribution >= 0.6 is 11.6 Å². The molecule has 1 aromatic carbocycles. The fourth-order valence-corrected chi connectivity index (χ4v) is 1.60. The van der Waals surface area contributed by atoms with Crippen LogP contribution in [0.1, 0.15) is 16.7 Å². The number of hydrogen-bond acceptors (Lipinski definition) is 2. The van der Waals surface area contributed by atoms with Crippen LogP contribution in [0.5, 0.6) is 5.75 Å². The highest BCUT2D eigenvalue weighted by Gasteiger charge is 2.09. The lowest BCUT2D eigenvalue weighted by Gasteiger charge is -2.11. The molecule has 2 nitrogen and oxygen atoms in total. The van der Waals surface area contributed by atoms with Crippen molar-refractivity contribution in [1.82, 2.24) is 0 Å². The van der Waals surface area contributed by atoms with Gasteiger partial charge in [0.25, 0.3) is 0 Å². The van der Waals surface area contributed by atoms with Gasteiger partial charge < -0.3 is 10.8 Å². The first-order valence-corrected chi connectivity index (χ1v) is 4.63. The van der Waals surface area contributed by atoms with Crippen LogP contribution in [0.25, 0.3) is 0 Å². The predicted molar refractivity (Wildman–Crippen MR) is 55.3 cm³/mol. The van der Waals surface area contributed by atoms with Crippen molar-refractivity contribution in [3.63, 3.8) is 0 Å². The average Bonchev–Trinajstić information content (AvgIpc) is 2.09. The molecule has 0 heterocycles. The number of phenols is 1. The van der Waals surface area contributed by atoms with Crippen molar-refractivity contribution in [2.24, 2.45) is 5.73 Å². The maximum absolute atomic E-state index is 9.61. The van der Waals surface area contributed by atoms with Crippen LogP contribution in [0.15, 0.2) is 6.07 Å². The summed E-state index contributed by atoms with van der Waals surface area (Å²) in [5.74, 6) is 0.296. The second-order valence-electron chi connectivity index (χ2n) is 3.17. The Morgan fingerprint density at radius 1 is 1.46 bits per heavy atom. The molecule has 0 aromatic heterocycles. The Kier molecular flexibility index (Phi) is 3.17. The van der Waals surface area contributed by atoms with Crippen LogP contribution in [0.2, 0.25) is 5.02 Å². The third-order valence-corrected chi connectivity index (χ3v) is 2.77. The normalized spacial score (nSPS) is 10.5. The van der Waals surface area contributed by atoms with Crippen LogP contribution in [-0.4, -0.2) is 11.7 Å². The van der Waals surface area contributed by atoms with E-state index in [1.54, 1.807) is 6.07 Å². The van der Waals surface area contributed by atoms with E-state index in [0.29, 0.717) is 18.7 Å². The van der Waals surface area contributed by atoms with E-state index in [-0.39, 0.29) is 0 Å². The lowest BCUT2D eigenvalue weighted by molar-refractivity contribution is 0.467. The molecule has 3 N–H and O–H groups in total. The highest BCUT2D eigenvalue weighted by molar-refractivity contribution is 6.32. The molecule has 13 heavy (non-hydrogen) atoms. The smallest absolute Gasteiger partial charge is 0.119 e. The number of halogens is 1. The second kappa shape index (κ2) is 3.99. The summed E-state index contributed by atoms with van der Waals surface area (Å²) >= 11 is 6.04. The highest BCUT2D eigenvalue weighted by atomic mass is 35.5. The van der Waals surface area contributed by atoms with Crippen molar-refractivity contribution >= 4 is 11.6 Å². The number of nitrogens with two attached hydrogens (primary N) is 1. The van der Waals surface area contributed by atoms with Gasteiger partial charge >= 0.3 is 0 Å². The van der Waals surface area contributed by atoms with Crippen molar-refractivity contribution in [2.75, 3.05) is 6.54 Å². The maximum atomic E-state index is 9.61. The third kappa shape index (κ3) is 1.95. The molecule has 3 heteroatoms. The molecule has 0 bridgehead atoms. The van der Waals surface area contributed by atoms with Crippen LogP contribution in [0.4, 0.5) is 0 Å². The van der Waals surface area contributed by atoms with Gasteiger partial charge in [-0.15, -0.1) is 0 Å². The van der Waals surface area contributed by atoms with Crippen molar-refractivity contribution in [3.05, 3.63) is 27.8 Å². The number of aryl methyl sites for hydroxylation is 1. The van der Waals surface area contributed by atoms with Crippen LogP contribution in [-0.2, 0) is 6.42 Å². The highest BCUT2D eigenvalue weighted by Crippen LogP contribution is 2.30. The summed E-state index contributed by atoms with van der Waals surface area (Å²) in [6, 6.07) is 1.68. The Morgan fingerprint density at radius 3 is 2.62 bits per heavy atom. The van der Waals surface area contributed by atoms with E-state index in [0.717, 1.165) is 21.7 Å². The van der Waals surface area contributed by atoms with Gasteiger partial charge in [-0.2, -0.15) is 0 Å². The van der Waals surface area contributed by atoms with Crippen LogP contribution in [0, 0.1) is 13.8 Å². The molecule has 0 saturated heterocycles. The second-order valence-corrected chi connectivity index (χ2v) is 3.55. The Balaban J connectivity index is 3.26. The third-order valence-electron chi connectivity index (χ3n) is 2.18. The van der Waals surface area contributed by atoms with E-state index in [2.05, 4.69) is 0 Å². The first kappa shape index (κ1) is 10.4. The summed E-state index contributed by atoms with van der Waals surface area (Å²) in [5.41, 5.74) is 8.13. The van der Waals surface area contributed by atoms with Crippen molar-refractivity contribution < 1.29 is 5.11 Å². The minimum absolute atomic E-state index is 0.296. The van der Waals surface area contributed by atoms with Crippen LogP contribution < -0.4 is 5.73 Å². The average molecular weight is 200 g/mol. The quantitative estimate of drug-likeness (QED) is 0.767. The largest absolute Gasteiger partial charge is 0.508 e. The number of benzene rings is 1. The molecular formula is C10H14ClNO. The van der Waals surface area contributed by atoms with Gasteiger partial charge in [0, 0.05) is 5.02 Å². The lowest BCUT2D eigenvalue weighted by atomic mass is 10.0. The molecule has 0 radical (unpaired) electrons. The topological polar surface area (TPSA) is 46.2 Å². The summed E-state index contributed by atoms with van der Waals surface area (Å²) in [6.07, 6.45) is 0.664. The molecule has 0 amide bonds. The predicted octanol–water partition coefficient (Wildman–Crippen LogP) is 2.16. The van der Waals surface area contributed by atoms with E-state index in [9.17, 15) is 5.11 Å². The van der Waals surface area contributed by atoms with Crippen molar-refractivity contribution in [3.8, 4) is 5.75 Å². The molecule has 0 aliphatic carbocycles. The van der Waals surface area contributed by atoms with Gasteiger partial charge in [0.1, 0.15) is 5.75 Å². The zero-order chi connectivity index (χ0) is 10.0. The summed E-state index contributed by atoms with van der Waals surface area (Å²) in [4.78, 5) is 0. The standard InChI is InChI=1S/C10H14ClNO/c1-6-5-9(13)8(3-4-12)7(2)10(6)11/h5,13H,3-4,12H2,1-2H3. The minimum Gasteiger partial charge on any atom is -0.508 e. The van der Waals surface area contributed by atoms with E-state index in [1.807, 2.05) is 13.8 Å².